The lowest BCUT2D eigenvalue weighted by atomic mass is 10.2. The van der Waals surface area contributed by atoms with E-state index in [9.17, 15) is 8.42 Å². The van der Waals surface area contributed by atoms with Crippen LogP contribution in [-0.4, -0.2) is 38.9 Å². The minimum Gasteiger partial charge on any atom is -0.397 e. The highest BCUT2D eigenvalue weighted by Gasteiger charge is 2.24. The quantitative estimate of drug-likeness (QED) is 0.704. The summed E-state index contributed by atoms with van der Waals surface area (Å²) in [4.78, 5) is 2.07. The molecule has 2 rings (SSSR count). The molecule has 1 aliphatic rings. The average Bonchev–Trinajstić information content (AvgIpc) is 2.29. The maximum Gasteiger partial charge on any atom is 0.277 e. The third-order valence-electron chi connectivity index (χ3n) is 2.88. The van der Waals surface area contributed by atoms with E-state index >= 15 is 0 Å². The molecule has 0 radical (unpaired) electrons. The number of nitrogens with zero attached hydrogens (tertiary/aromatic N) is 2. The van der Waals surface area contributed by atoms with E-state index in [0.717, 1.165) is 5.69 Å². The van der Waals surface area contributed by atoms with Crippen molar-refractivity contribution in [3.05, 3.63) is 24.3 Å². The molecule has 0 spiro atoms. The van der Waals surface area contributed by atoms with Crippen molar-refractivity contribution in [2.75, 3.05) is 36.8 Å². The zero-order valence-electron chi connectivity index (χ0n) is 9.41. The van der Waals surface area contributed by atoms with Gasteiger partial charge in [-0.3, -0.25) is 0 Å². The molecule has 0 saturated carbocycles. The van der Waals surface area contributed by atoms with Crippen molar-refractivity contribution in [1.29, 1.82) is 0 Å². The van der Waals surface area contributed by atoms with Gasteiger partial charge in [-0.2, -0.15) is 12.7 Å². The van der Waals surface area contributed by atoms with Crippen LogP contribution in [0, 0.1) is 0 Å². The normalized spacial score (nSPS) is 18.3. The van der Waals surface area contributed by atoms with Crippen molar-refractivity contribution in [2.45, 2.75) is 0 Å². The summed E-state index contributed by atoms with van der Waals surface area (Å²) in [7, 11) is -3.57. The van der Waals surface area contributed by atoms with Gasteiger partial charge in [0.25, 0.3) is 10.2 Å². The van der Waals surface area contributed by atoms with Crippen molar-refractivity contribution < 1.29 is 8.42 Å². The molecule has 94 valence electrons. The fourth-order valence-corrected chi connectivity index (χ4v) is 2.63. The maximum atomic E-state index is 11.2. The largest absolute Gasteiger partial charge is 0.397 e. The Bertz CT molecular complexity index is 495. The molecule has 0 amide bonds. The van der Waals surface area contributed by atoms with Gasteiger partial charge in [0.1, 0.15) is 0 Å². The Morgan fingerprint density at radius 2 is 1.65 bits per heavy atom. The second-order valence-electron chi connectivity index (χ2n) is 3.99. The zero-order valence-corrected chi connectivity index (χ0v) is 10.2. The lowest BCUT2D eigenvalue weighted by molar-refractivity contribution is 0.385. The van der Waals surface area contributed by atoms with Crippen LogP contribution < -0.4 is 15.8 Å². The third-order valence-corrected chi connectivity index (χ3v) is 3.96. The van der Waals surface area contributed by atoms with Crippen LogP contribution in [0.15, 0.2) is 24.3 Å². The fourth-order valence-electron chi connectivity index (χ4n) is 1.96. The van der Waals surface area contributed by atoms with Crippen LogP contribution in [0.5, 0.6) is 0 Å². The van der Waals surface area contributed by atoms with Crippen LogP contribution in [0.3, 0.4) is 0 Å². The van der Waals surface area contributed by atoms with Gasteiger partial charge in [0.2, 0.25) is 0 Å². The molecule has 17 heavy (non-hydrogen) atoms. The van der Waals surface area contributed by atoms with Gasteiger partial charge in [0, 0.05) is 26.2 Å². The number of benzene rings is 1. The number of piperazine rings is 1. The van der Waals surface area contributed by atoms with Crippen molar-refractivity contribution in [1.82, 2.24) is 4.31 Å². The van der Waals surface area contributed by atoms with E-state index in [1.807, 2.05) is 24.3 Å². The number of nitrogens with two attached hydrogens (primary N) is 2. The summed E-state index contributed by atoms with van der Waals surface area (Å²) >= 11 is 0. The van der Waals surface area contributed by atoms with Crippen molar-refractivity contribution in [2.24, 2.45) is 5.14 Å². The molecule has 1 saturated heterocycles. The summed E-state index contributed by atoms with van der Waals surface area (Å²) in [5.41, 5.74) is 7.52. The van der Waals surface area contributed by atoms with E-state index in [0.29, 0.717) is 31.9 Å². The summed E-state index contributed by atoms with van der Waals surface area (Å²) in [5.74, 6) is 0. The minimum absolute atomic E-state index is 0.396. The standard InChI is InChI=1S/C10H16N4O2S/c11-9-3-1-2-4-10(9)13-5-7-14(8-6-13)17(12,15)16/h1-4H,5-8,11H2,(H2,12,15,16). The van der Waals surface area contributed by atoms with Crippen LogP contribution >= 0.6 is 0 Å². The third kappa shape index (κ3) is 2.68. The number of rotatable bonds is 2. The lowest BCUT2D eigenvalue weighted by Gasteiger charge is -2.34. The van der Waals surface area contributed by atoms with Gasteiger partial charge in [-0.25, -0.2) is 5.14 Å². The molecule has 4 N–H and O–H groups in total. The summed E-state index contributed by atoms with van der Waals surface area (Å²) in [6.45, 7) is 2.00. The van der Waals surface area contributed by atoms with Crippen molar-refractivity contribution >= 4 is 21.6 Å². The van der Waals surface area contributed by atoms with E-state index in [4.69, 9.17) is 10.9 Å². The first kappa shape index (κ1) is 12.2. The van der Waals surface area contributed by atoms with E-state index in [1.54, 1.807) is 0 Å². The Balaban J connectivity index is 2.08. The van der Waals surface area contributed by atoms with Crippen LogP contribution in [0.2, 0.25) is 0 Å². The summed E-state index contributed by atoms with van der Waals surface area (Å²) in [6, 6.07) is 7.56. The van der Waals surface area contributed by atoms with Crippen LogP contribution in [0.4, 0.5) is 11.4 Å². The maximum absolute atomic E-state index is 11.2. The smallest absolute Gasteiger partial charge is 0.277 e. The van der Waals surface area contributed by atoms with Crippen molar-refractivity contribution in [3.8, 4) is 0 Å². The molecular weight excluding hydrogens is 240 g/mol. The predicted octanol–water partition coefficient (Wildman–Crippen LogP) is -0.406. The van der Waals surface area contributed by atoms with Crippen molar-refractivity contribution in [3.63, 3.8) is 0 Å². The molecule has 0 unspecified atom stereocenters. The van der Waals surface area contributed by atoms with Gasteiger partial charge in [-0.15, -0.1) is 0 Å². The van der Waals surface area contributed by atoms with Gasteiger partial charge in [0.15, 0.2) is 0 Å². The summed E-state index contributed by atoms with van der Waals surface area (Å²) < 4.78 is 23.6. The summed E-state index contributed by atoms with van der Waals surface area (Å²) in [5, 5.41) is 5.08. The molecule has 1 aliphatic heterocycles. The first-order chi connectivity index (χ1) is 7.98. The molecule has 6 nitrogen and oxygen atoms in total. The van der Waals surface area contributed by atoms with Gasteiger partial charge in [-0.1, -0.05) is 12.1 Å². The monoisotopic (exact) mass is 256 g/mol. The predicted molar refractivity (Wildman–Crippen MR) is 67.7 cm³/mol. The van der Waals surface area contributed by atoms with Crippen LogP contribution in [0.1, 0.15) is 0 Å². The van der Waals surface area contributed by atoms with Gasteiger partial charge in [-0.05, 0) is 12.1 Å². The second kappa shape index (κ2) is 4.52. The highest BCUT2D eigenvalue weighted by Crippen LogP contribution is 2.23. The van der Waals surface area contributed by atoms with E-state index in [1.165, 1.54) is 4.31 Å². The number of hydrogen-bond acceptors (Lipinski definition) is 4. The first-order valence-corrected chi connectivity index (χ1v) is 6.86. The molecule has 0 bridgehead atoms. The Morgan fingerprint density at radius 1 is 1.06 bits per heavy atom. The Kier molecular flexibility index (Phi) is 3.23. The lowest BCUT2D eigenvalue weighted by Crippen LogP contribution is -2.50. The highest BCUT2D eigenvalue weighted by molar-refractivity contribution is 7.86. The van der Waals surface area contributed by atoms with E-state index in [2.05, 4.69) is 4.90 Å². The Morgan fingerprint density at radius 3 is 2.18 bits per heavy atom. The Hall–Kier alpha value is -1.31. The molecule has 0 aliphatic carbocycles. The molecule has 1 heterocycles. The zero-order chi connectivity index (χ0) is 12.5. The number of anilines is 2. The number of nitrogen functional groups attached to an aromatic ring is 1. The SMILES string of the molecule is Nc1ccccc1N1CCN(S(N)(=O)=O)CC1. The average molecular weight is 256 g/mol. The van der Waals surface area contributed by atoms with E-state index < -0.39 is 10.2 Å². The summed E-state index contributed by atoms with van der Waals surface area (Å²) in [6.07, 6.45) is 0. The van der Waals surface area contributed by atoms with Crippen LogP contribution in [0.25, 0.3) is 0 Å². The minimum atomic E-state index is -3.57. The molecule has 0 atom stereocenters. The molecule has 1 aromatic rings. The molecule has 0 aromatic heterocycles. The van der Waals surface area contributed by atoms with Gasteiger partial charge < -0.3 is 10.6 Å². The molecular formula is C10H16N4O2S. The molecule has 7 heteroatoms. The fraction of sp³-hybridized carbons (Fsp3) is 0.400. The number of para-hydroxylation sites is 2. The Labute approximate surface area is 101 Å². The van der Waals surface area contributed by atoms with Gasteiger partial charge in [0.05, 0.1) is 11.4 Å². The topological polar surface area (TPSA) is 92.7 Å². The highest BCUT2D eigenvalue weighted by atomic mass is 32.2. The van der Waals surface area contributed by atoms with Crippen LogP contribution in [-0.2, 0) is 10.2 Å². The molecule has 1 fully saturated rings. The van der Waals surface area contributed by atoms with Gasteiger partial charge >= 0.3 is 0 Å². The number of hydrogen-bond donors (Lipinski definition) is 2. The van der Waals surface area contributed by atoms with E-state index in [-0.39, 0.29) is 0 Å². The molecule has 1 aromatic carbocycles. The first-order valence-electron chi connectivity index (χ1n) is 5.36. The second-order valence-corrected chi connectivity index (χ2v) is 5.54.